The highest BCUT2D eigenvalue weighted by molar-refractivity contribution is 9.10. The van der Waals surface area contributed by atoms with Gasteiger partial charge in [-0.05, 0) is 22.0 Å². The summed E-state index contributed by atoms with van der Waals surface area (Å²) in [5.74, 6) is -0.376. The normalized spacial score (nSPS) is 10.4. The maximum Gasteiger partial charge on any atom is 0.434 e. The van der Waals surface area contributed by atoms with Gasteiger partial charge >= 0.3 is 5.76 Å². The molecule has 12 heavy (non-hydrogen) atoms. The van der Waals surface area contributed by atoms with Crippen LogP contribution in [0.3, 0.4) is 0 Å². The molecule has 0 saturated heterocycles. The van der Waals surface area contributed by atoms with Crippen molar-refractivity contribution in [2.24, 2.45) is 0 Å². The molecule has 62 valence electrons. The lowest BCUT2D eigenvalue weighted by Gasteiger charge is -1.85. The van der Waals surface area contributed by atoms with Crippen LogP contribution in [-0.2, 0) is 0 Å². The van der Waals surface area contributed by atoms with E-state index in [1.165, 1.54) is 6.26 Å². The second-order valence-corrected chi connectivity index (χ2v) is 2.75. The Balaban J connectivity index is 2.57. The molecule has 0 unspecified atom stereocenters. The second-order valence-electron chi connectivity index (χ2n) is 2.03. The van der Waals surface area contributed by atoms with Gasteiger partial charge in [0.2, 0.25) is 0 Å². The highest BCUT2D eigenvalue weighted by atomic mass is 79.9. The molecule has 0 aliphatic heterocycles. The summed E-state index contributed by atoms with van der Waals surface area (Å²) in [6, 6.07) is 1.64. The van der Waals surface area contributed by atoms with Crippen molar-refractivity contribution < 1.29 is 8.83 Å². The fourth-order valence-corrected chi connectivity index (χ4v) is 1.20. The predicted octanol–water partition coefficient (Wildman–Crippen LogP) is 1.39. The zero-order chi connectivity index (χ0) is 8.55. The fourth-order valence-electron chi connectivity index (χ4n) is 0.791. The van der Waals surface area contributed by atoms with Gasteiger partial charge in [-0.1, -0.05) is 0 Å². The molecule has 2 aromatic rings. The van der Waals surface area contributed by atoms with Crippen molar-refractivity contribution in [2.75, 3.05) is 0 Å². The number of hydrogen-bond donors (Lipinski definition) is 1. The first-order valence-electron chi connectivity index (χ1n) is 3.06. The van der Waals surface area contributed by atoms with Crippen LogP contribution in [-0.4, -0.2) is 10.2 Å². The van der Waals surface area contributed by atoms with E-state index >= 15 is 0 Å². The maximum absolute atomic E-state index is 10.6. The molecule has 0 aliphatic carbocycles. The third-order valence-electron chi connectivity index (χ3n) is 1.29. The monoisotopic (exact) mass is 230 g/mol. The van der Waals surface area contributed by atoms with Crippen molar-refractivity contribution in [3.8, 4) is 11.5 Å². The third kappa shape index (κ3) is 1.10. The van der Waals surface area contributed by atoms with Gasteiger partial charge in [0.25, 0.3) is 5.89 Å². The average molecular weight is 231 g/mol. The molecule has 0 aromatic carbocycles. The van der Waals surface area contributed by atoms with E-state index in [0.29, 0.717) is 10.2 Å². The summed E-state index contributed by atoms with van der Waals surface area (Å²) < 4.78 is 10.1. The van der Waals surface area contributed by atoms with Gasteiger partial charge in [0.05, 0.1) is 11.8 Å². The van der Waals surface area contributed by atoms with Crippen molar-refractivity contribution in [3.63, 3.8) is 0 Å². The molecular formula is C6H3BrN2O3. The van der Waals surface area contributed by atoms with Crippen molar-refractivity contribution >= 4 is 15.9 Å². The predicted molar refractivity (Wildman–Crippen MR) is 42.5 cm³/mol. The largest absolute Gasteiger partial charge is 0.457 e. The third-order valence-corrected chi connectivity index (χ3v) is 1.90. The molecule has 2 aromatic heterocycles. The molecule has 6 heteroatoms. The Morgan fingerprint density at radius 3 is 2.92 bits per heavy atom. The van der Waals surface area contributed by atoms with Crippen molar-refractivity contribution in [1.82, 2.24) is 10.2 Å². The minimum absolute atomic E-state index is 0.209. The minimum atomic E-state index is -0.585. The summed E-state index contributed by atoms with van der Waals surface area (Å²) in [6.07, 6.45) is 1.47. The Morgan fingerprint density at radius 2 is 2.42 bits per heavy atom. The molecule has 0 bridgehead atoms. The molecule has 1 N–H and O–H groups in total. The average Bonchev–Trinajstić information content (AvgIpc) is 2.58. The van der Waals surface area contributed by atoms with Crippen LogP contribution in [0.5, 0.6) is 0 Å². The molecule has 0 radical (unpaired) electrons. The molecule has 2 heterocycles. The smallest absolute Gasteiger partial charge is 0.434 e. The van der Waals surface area contributed by atoms with Gasteiger partial charge in [-0.15, -0.1) is 5.10 Å². The second kappa shape index (κ2) is 2.63. The highest BCUT2D eigenvalue weighted by Crippen LogP contribution is 2.26. The number of rotatable bonds is 1. The van der Waals surface area contributed by atoms with Crippen LogP contribution in [0.15, 0.2) is 30.6 Å². The molecule has 0 saturated carbocycles. The molecule has 0 aliphatic rings. The Morgan fingerprint density at radius 1 is 1.58 bits per heavy atom. The SMILES string of the molecule is O=c1[nH]nc(-c2ccoc2Br)o1. The number of halogens is 1. The van der Waals surface area contributed by atoms with Crippen LogP contribution >= 0.6 is 15.9 Å². The van der Waals surface area contributed by atoms with Crippen LogP contribution in [0.2, 0.25) is 0 Å². The zero-order valence-corrected chi connectivity index (χ0v) is 7.29. The van der Waals surface area contributed by atoms with Gasteiger partial charge in [0, 0.05) is 0 Å². The molecule has 0 spiro atoms. The van der Waals surface area contributed by atoms with E-state index in [9.17, 15) is 4.79 Å². The van der Waals surface area contributed by atoms with E-state index in [1.807, 2.05) is 0 Å². The number of aromatic amines is 1. The molecule has 2 rings (SSSR count). The number of nitrogens with one attached hydrogen (secondary N) is 1. The summed E-state index contributed by atoms with van der Waals surface area (Å²) in [6.45, 7) is 0. The minimum Gasteiger partial charge on any atom is -0.457 e. The van der Waals surface area contributed by atoms with Gasteiger partial charge in [0.1, 0.15) is 0 Å². The number of aromatic nitrogens is 2. The van der Waals surface area contributed by atoms with E-state index in [2.05, 4.69) is 26.1 Å². The van der Waals surface area contributed by atoms with Crippen molar-refractivity contribution in [2.45, 2.75) is 0 Å². The maximum atomic E-state index is 10.6. The number of furan rings is 1. The van der Waals surface area contributed by atoms with Gasteiger partial charge in [-0.3, -0.25) is 0 Å². The summed E-state index contributed by atoms with van der Waals surface area (Å²) in [7, 11) is 0. The standard InChI is InChI=1S/C6H3BrN2O3/c7-4-3(1-2-11-4)5-8-9-6(10)12-5/h1-2H,(H,9,10). The van der Waals surface area contributed by atoms with E-state index in [-0.39, 0.29) is 5.89 Å². The number of hydrogen-bond acceptors (Lipinski definition) is 4. The quantitative estimate of drug-likeness (QED) is 0.804. The van der Waals surface area contributed by atoms with Crippen LogP contribution in [0, 0.1) is 0 Å². The van der Waals surface area contributed by atoms with Crippen LogP contribution in [0.4, 0.5) is 0 Å². The Hall–Kier alpha value is -1.30. The first-order valence-corrected chi connectivity index (χ1v) is 3.85. The summed E-state index contributed by atoms with van der Waals surface area (Å²) >= 11 is 3.13. The van der Waals surface area contributed by atoms with E-state index < -0.39 is 5.76 Å². The van der Waals surface area contributed by atoms with E-state index in [4.69, 9.17) is 8.83 Å². The highest BCUT2D eigenvalue weighted by Gasteiger charge is 2.11. The number of nitrogens with zero attached hydrogens (tertiary/aromatic N) is 1. The molecule has 0 amide bonds. The van der Waals surface area contributed by atoms with Crippen molar-refractivity contribution in [3.05, 3.63) is 27.5 Å². The fraction of sp³-hybridized carbons (Fsp3) is 0. The van der Waals surface area contributed by atoms with Gasteiger partial charge in [-0.25, -0.2) is 9.89 Å². The first-order chi connectivity index (χ1) is 5.77. The van der Waals surface area contributed by atoms with Crippen LogP contribution in [0.1, 0.15) is 0 Å². The Kier molecular flexibility index (Phi) is 1.61. The topological polar surface area (TPSA) is 72.0 Å². The van der Waals surface area contributed by atoms with Crippen LogP contribution < -0.4 is 5.76 Å². The Bertz CT molecular complexity index is 441. The zero-order valence-electron chi connectivity index (χ0n) is 5.70. The van der Waals surface area contributed by atoms with Gasteiger partial charge in [-0.2, -0.15) is 0 Å². The van der Waals surface area contributed by atoms with E-state index in [1.54, 1.807) is 6.07 Å². The lowest BCUT2D eigenvalue weighted by molar-refractivity contribution is 0.518. The summed E-state index contributed by atoms with van der Waals surface area (Å²) in [5, 5.41) is 5.77. The van der Waals surface area contributed by atoms with E-state index in [0.717, 1.165) is 0 Å². The van der Waals surface area contributed by atoms with Gasteiger partial charge < -0.3 is 8.83 Å². The Labute approximate surface area is 74.5 Å². The lowest BCUT2D eigenvalue weighted by atomic mass is 10.3. The van der Waals surface area contributed by atoms with Gasteiger partial charge in [0.15, 0.2) is 4.67 Å². The summed E-state index contributed by atoms with van der Waals surface area (Å²) in [4.78, 5) is 10.6. The summed E-state index contributed by atoms with van der Waals surface area (Å²) in [5.41, 5.74) is 0.605. The lowest BCUT2D eigenvalue weighted by Crippen LogP contribution is -1.93. The molecule has 5 nitrogen and oxygen atoms in total. The molecule has 0 atom stereocenters. The molecular weight excluding hydrogens is 228 g/mol. The first kappa shape index (κ1) is 7.35. The van der Waals surface area contributed by atoms with Crippen molar-refractivity contribution in [1.29, 1.82) is 0 Å². The number of H-pyrrole nitrogens is 1. The molecule has 0 fully saturated rings. The van der Waals surface area contributed by atoms with Crippen LogP contribution in [0.25, 0.3) is 11.5 Å².